The van der Waals surface area contributed by atoms with Crippen molar-refractivity contribution in [1.29, 1.82) is 0 Å². The number of hydrogen-bond donors (Lipinski definition) is 1. The fourth-order valence-electron chi connectivity index (χ4n) is 0.998. The highest BCUT2D eigenvalue weighted by Gasteiger charge is 2.34. The van der Waals surface area contributed by atoms with Crippen molar-refractivity contribution in [3.8, 4) is 5.75 Å². The van der Waals surface area contributed by atoms with Gasteiger partial charge in [-0.3, -0.25) is 0 Å². The van der Waals surface area contributed by atoms with E-state index in [0.717, 1.165) is 0 Å². The van der Waals surface area contributed by atoms with Gasteiger partial charge in [-0.2, -0.15) is 0 Å². The number of carbonyl (C=O) groups is 1. The van der Waals surface area contributed by atoms with Crippen LogP contribution in [0.2, 0.25) is 5.15 Å². The lowest BCUT2D eigenvalue weighted by atomic mass is 10.2. The maximum Gasteiger partial charge on any atom is 0.573 e. The van der Waals surface area contributed by atoms with Crippen LogP contribution in [0.1, 0.15) is 22.5 Å². The van der Waals surface area contributed by atoms with Gasteiger partial charge in [0.25, 0.3) is 6.43 Å². The number of aromatic carboxylic acids is 1. The molecule has 0 fully saturated rings. The van der Waals surface area contributed by atoms with Crippen LogP contribution >= 0.6 is 11.6 Å². The van der Waals surface area contributed by atoms with Crippen LogP contribution in [0.25, 0.3) is 0 Å². The molecular formula is C8H3ClF5NO3. The Morgan fingerprint density at radius 2 is 2.00 bits per heavy atom. The fraction of sp³-hybridized carbons (Fsp3) is 0.250. The third-order valence-electron chi connectivity index (χ3n) is 1.63. The van der Waals surface area contributed by atoms with Gasteiger partial charge in [0.15, 0.2) is 11.4 Å². The Balaban J connectivity index is 3.35. The van der Waals surface area contributed by atoms with Crippen LogP contribution in [0.15, 0.2) is 6.07 Å². The molecule has 0 saturated heterocycles. The summed E-state index contributed by atoms with van der Waals surface area (Å²) in [4.78, 5) is 13.5. The number of carboxylic acids is 1. The number of rotatable bonds is 3. The molecule has 1 aromatic heterocycles. The molecule has 0 unspecified atom stereocenters. The average Bonchev–Trinajstić information content (AvgIpc) is 2.17. The zero-order chi connectivity index (χ0) is 14.1. The first-order valence-corrected chi connectivity index (χ1v) is 4.47. The monoisotopic (exact) mass is 291 g/mol. The highest BCUT2D eigenvalue weighted by Crippen LogP contribution is 2.34. The van der Waals surface area contributed by atoms with E-state index in [4.69, 9.17) is 16.7 Å². The Bertz CT molecular complexity index is 477. The van der Waals surface area contributed by atoms with Gasteiger partial charge in [-0.05, 0) is 0 Å². The van der Waals surface area contributed by atoms with Crippen molar-refractivity contribution in [3.63, 3.8) is 0 Å². The van der Waals surface area contributed by atoms with Crippen LogP contribution in [0.4, 0.5) is 22.0 Å². The van der Waals surface area contributed by atoms with Gasteiger partial charge < -0.3 is 9.84 Å². The number of aromatic nitrogens is 1. The zero-order valence-electron chi connectivity index (χ0n) is 8.13. The summed E-state index contributed by atoms with van der Waals surface area (Å²) in [5.41, 5.74) is -2.26. The lowest BCUT2D eigenvalue weighted by Gasteiger charge is -2.13. The van der Waals surface area contributed by atoms with E-state index >= 15 is 0 Å². The van der Waals surface area contributed by atoms with Crippen LogP contribution in [0.3, 0.4) is 0 Å². The van der Waals surface area contributed by atoms with Gasteiger partial charge in [-0.25, -0.2) is 18.6 Å². The molecule has 1 N–H and O–H groups in total. The van der Waals surface area contributed by atoms with Crippen LogP contribution in [0, 0.1) is 0 Å². The molecule has 0 aliphatic carbocycles. The van der Waals surface area contributed by atoms with Gasteiger partial charge in [0, 0.05) is 6.07 Å². The number of nitrogens with zero attached hydrogens (tertiary/aromatic N) is 1. The van der Waals surface area contributed by atoms with Gasteiger partial charge >= 0.3 is 12.3 Å². The van der Waals surface area contributed by atoms with Crippen molar-refractivity contribution < 1.29 is 36.6 Å². The highest BCUT2D eigenvalue weighted by molar-refractivity contribution is 6.32. The molecule has 0 bridgehead atoms. The Kier molecular flexibility index (Phi) is 3.95. The number of ether oxygens (including phenoxy) is 1. The summed E-state index contributed by atoms with van der Waals surface area (Å²) >= 11 is 5.25. The normalized spacial score (nSPS) is 11.7. The molecule has 1 rings (SSSR count). The SMILES string of the molecule is O=C(O)c1cc(OC(F)(F)F)c(C(F)F)nc1Cl. The van der Waals surface area contributed by atoms with E-state index in [9.17, 15) is 26.7 Å². The smallest absolute Gasteiger partial charge is 0.478 e. The van der Waals surface area contributed by atoms with E-state index < -0.39 is 40.9 Å². The number of alkyl halides is 5. The average molecular weight is 292 g/mol. The Hall–Kier alpha value is -1.64. The molecule has 1 heterocycles. The van der Waals surface area contributed by atoms with Crippen LogP contribution < -0.4 is 4.74 Å². The minimum absolute atomic E-state index is 0.243. The molecular weight excluding hydrogens is 289 g/mol. The Morgan fingerprint density at radius 3 is 2.39 bits per heavy atom. The summed E-state index contributed by atoms with van der Waals surface area (Å²) in [5, 5.41) is 7.71. The van der Waals surface area contributed by atoms with Gasteiger partial charge in [-0.15, -0.1) is 13.2 Å². The summed E-state index contributed by atoms with van der Waals surface area (Å²) in [7, 11) is 0. The van der Waals surface area contributed by atoms with E-state index in [1.54, 1.807) is 0 Å². The molecule has 100 valence electrons. The molecule has 0 saturated carbocycles. The maximum atomic E-state index is 12.4. The largest absolute Gasteiger partial charge is 0.573 e. The molecule has 0 aromatic carbocycles. The maximum absolute atomic E-state index is 12.4. The van der Waals surface area contributed by atoms with Gasteiger partial charge in [0.2, 0.25) is 0 Å². The molecule has 0 aliphatic heterocycles. The second kappa shape index (κ2) is 4.92. The zero-order valence-corrected chi connectivity index (χ0v) is 8.89. The summed E-state index contributed by atoms with van der Waals surface area (Å²) in [5.74, 6) is -3.13. The second-order valence-electron chi connectivity index (χ2n) is 2.86. The molecule has 0 radical (unpaired) electrons. The minimum atomic E-state index is -5.26. The van der Waals surface area contributed by atoms with Crippen molar-refractivity contribution in [2.75, 3.05) is 0 Å². The lowest BCUT2D eigenvalue weighted by molar-refractivity contribution is -0.275. The van der Waals surface area contributed by atoms with E-state index in [1.165, 1.54) is 0 Å². The van der Waals surface area contributed by atoms with Crippen LogP contribution in [-0.2, 0) is 0 Å². The summed E-state index contributed by atoms with van der Waals surface area (Å²) in [6.45, 7) is 0. The van der Waals surface area contributed by atoms with E-state index in [2.05, 4.69) is 9.72 Å². The number of halogens is 6. The summed E-state index contributed by atoms with van der Waals surface area (Å²) < 4.78 is 63.9. The van der Waals surface area contributed by atoms with Crippen molar-refractivity contribution >= 4 is 17.6 Å². The number of hydrogen-bond acceptors (Lipinski definition) is 3. The van der Waals surface area contributed by atoms with Crippen LogP contribution in [0.5, 0.6) is 5.75 Å². The lowest BCUT2D eigenvalue weighted by Crippen LogP contribution is -2.19. The van der Waals surface area contributed by atoms with Crippen molar-refractivity contribution in [3.05, 3.63) is 22.5 Å². The predicted octanol–water partition coefficient (Wildman–Crippen LogP) is 3.27. The fourth-order valence-corrected chi connectivity index (χ4v) is 1.22. The first-order valence-electron chi connectivity index (χ1n) is 4.09. The summed E-state index contributed by atoms with van der Waals surface area (Å²) in [6.07, 6.45) is -8.66. The van der Waals surface area contributed by atoms with Gasteiger partial charge in [0.1, 0.15) is 10.7 Å². The third kappa shape index (κ3) is 3.42. The van der Waals surface area contributed by atoms with Crippen molar-refractivity contribution in [2.24, 2.45) is 0 Å². The third-order valence-corrected chi connectivity index (χ3v) is 1.92. The highest BCUT2D eigenvalue weighted by atomic mass is 35.5. The molecule has 1 aromatic rings. The standard InChI is InChI=1S/C8H3ClF5NO3/c9-5-2(7(16)17)1-3(18-8(12,13)14)4(15-5)6(10)11/h1,6H,(H,16,17). The molecule has 10 heteroatoms. The van der Waals surface area contributed by atoms with Crippen molar-refractivity contribution in [2.45, 2.75) is 12.8 Å². The Morgan fingerprint density at radius 1 is 1.44 bits per heavy atom. The molecule has 0 aliphatic rings. The number of carboxylic acid groups (broad SMARTS) is 1. The predicted molar refractivity (Wildman–Crippen MR) is 47.8 cm³/mol. The molecule has 0 atom stereocenters. The summed E-state index contributed by atoms with van der Waals surface area (Å²) in [6, 6.07) is 0.243. The topological polar surface area (TPSA) is 59.4 Å². The van der Waals surface area contributed by atoms with Crippen LogP contribution in [-0.4, -0.2) is 22.4 Å². The molecule has 0 amide bonds. The molecule has 4 nitrogen and oxygen atoms in total. The van der Waals surface area contributed by atoms with Crippen molar-refractivity contribution in [1.82, 2.24) is 4.98 Å². The minimum Gasteiger partial charge on any atom is -0.478 e. The first kappa shape index (κ1) is 14.4. The quantitative estimate of drug-likeness (QED) is 0.686. The Labute approximate surface area is 101 Å². The molecule has 0 spiro atoms. The van der Waals surface area contributed by atoms with E-state index in [-0.39, 0.29) is 6.07 Å². The van der Waals surface area contributed by atoms with E-state index in [0.29, 0.717) is 0 Å². The first-order chi connectivity index (χ1) is 8.11. The van der Waals surface area contributed by atoms with Gasteiger partial charge in [0.05, 0.1) is 0 Å². The van der Waals surface area contributed by atoms with E-state index in [1.807, 2.05) is 0 Å². The second-order valence-corrected chi connectivity index (χ2v) is 3.22. The number of pyridine rings is 1. The molecule has 18 heavy (non-hydrogen) atoms. The van der Waals surface area contributed by atoms with Gasteiger partial charge in [-0.1, -0.05) is 11.6 Å².